The highest BCUT2D eigenvalue weighted by Crippen LogP contribution is 2.42. The predicted molar refractivity (Wildman–Crippen MR) is 114 cm³/mol. The van der Waals surface area contributed by atoms with E-state index in [-0.39, 0.29) is 5.97 Å². The molecule has 3 heteroatoms. The summed E-state index contributed by atoms with van der Waals surface area (Å²) in [5.74, 6) is 4.31. The lowest BCUT2D eigenvalue weighted by molar-refractivity contribution is -0.134. The second-order valence-corrected chi connectivity index (χ2v) is 9.22. The van der Waals surface area contributed by atoms with E-state index in [9.17, 15) is 4.79 Å². The summed E-state index contributed by atoms with van der Waals surface area (Å²) in [6.07, 6.45) is 18.3. The topological polar surface area (TPSA) is 39.2 Å². The molecule has 3 rings (SSSR count). The van der Waals surface area contributed by atoms with E-state index < -0.39 is 0 Å². The number of rotatable bonds is 8. The van der Waals surface area contributed by atoms with Gasteiger partial charge in [0.05, 0.1) is 6.20 Å². The van der Waals surface area contributed by atoms with E-state index in [1.54, 1.807) is 6.20 Å². The van der Waals surface area contributed by atoms with Gasteiger partial charge in [0.15, 0.2) is 0 Å². The van der Waals surface area contributed by atoms with E-state index in [1.807, 2.05) is 19.1 Å². The summed E-state index contributed by atoms with van der Waals surface area (Å²) in [5.41, 5.74) is 1.12. The Morgan fingerprint density at radius 1 is 0.964 bits per heavy atom. The van der Waals surface area contributed by atoms with Crippen LogP contribution in [0, 0.1) is 23.7 Å². The van der Waals surface area contributed by atoms with Crippen molar-refractivity contribution in [3.05, 3.63) is 24.0 Å². The molecular formula is C25H39NO2. The Morgan fingerprint density at radius 2 is 1.61 bits per heavy atom. The van der Waals surface area contributed by atoms with Crippen LogP contribution < -0.4 is 4.74 Å². The number of esters is 1. The van der Waals surface area contributed by atoms with Crippen LogP contribution in [0.25, 0.3) is 0 Å². The minimum atomic E-state index is -0.169. The third-order valence-electron chi connectivity index (χ3n) is 7.32. The first kappa shape index (κ1) is 21.3. The summed E-state index contributed by atoms with van der Waals surface area (Å²) in [6.45, 7) is 4.34. The van der Waals surface area contributed by atoms with Gasteiger partial charge in [0, 0.05) is 12.1 Å². The Bertz CT molecular complexity index is 581. The van der Waals surface area contributed by atoms with Gasteiger partial charge in [0.1, 0.15) is 5.75 Å². The quantitative estimate of drug-likeness (QED) is 0.465. The molecule has 2 saturated carbocycles. The lowest BCUT2D eigenvalue weighted by Gasteiger charge is -2.37. The summed E-state index contributed by atoms with van der Waals surface area (Å²) < 4.78 is 5.29. The zero-order valence-corrected chi connectivity index (χ0v) is 18.0. The van der Waals surface area contributed by atoms with E-state index in [2.05, 4.69) is 11.9 Å². The normalized spacial score (nSPS) is 28.1. The minimum absolute atomic E-state index is 0.169. The molecule has 0 amide bonds. The molecule has 0 saturated heterocycles. The third-order valence-corrected chi connectivity index (χ3v) is 7.32. The summed E-state index contributed by atoms with van der Waals surface area (Å²) in [4.78, 5) is 16.1. The van der Waals surface area contributed by atoms with Crippen LogP contribution in [0.3, 0.4) is 0 Å². The number of carbonyl (C=O) groups is 1. The lowest BCUT2D eigenvalue weighted by atomic mass is 9.68. The van der Waals surface area contributed by atoms with Crippen LogP contribution in [-0.2, 0) is 11.2 Å². The molecular weight excluding hydrogens is 346 g/mol. The van der Waals surface area contributed by atoms with Crippen molar-refractivity contribution in [1.29, 1.82) is 0 Å². The van der Waals surface area contributed by atoms with E-state index in [0.29, 0.717) is 12.2 Å². The number of hydrogen-bond acceptors (Lipinski definition) is 3. The Morgan fingerprint density at radius 3 is 2.14 bits per heavy atom. The number of ether oxygens (including phenoxy) is 1. The fourth-order valence-corrected chi connectivity index (χ4v) is 5.37. The Hall–Kier alpha value is -1.38. The number of aromatic nitrogens is 1. The number of aryl methyl sites for hydroxylation is 1. The van der Waals surface area contributed by atoms with Crippen LogP contribution >= 0.6 is 0 Å². The summed E-state index contributed by atoms with van der Waals surface area (Å²) >= 11 is 0. The molecule has 1 heterocycles. The number of nitrogens with zero attached hydrogens (tertiary/aromatic N) is 1. The lowest BCUT2D eigenvalue weighted by Crippen LogP contribution is -2.25. The zero-order chi connectivity index (χ0) is 19.8. The van der Waals surface area contributed by atoms with Gasteiger partial charge in [-0.15, -0.1) is 0 Å². The van der Waals surface area contributed by atoms with Crippen molar-refractivity contribution in [2.45, 2.75) is 97.3 Å². The van der Waals surface area contributed by atoms with Gasteiger partial charge in [0.2, 0.25) is 0 Å². The maximum absolute atomic E-state index is 11.6. The Kier molecular flexibility index (Phi) is 8.36. The second kappa shape index (κ2) is 11.0. The molecule has 156 valence electrons. The molecule has 0 atom stereocenters. The molecule has 2 aliphatic rings. The predicted octanol–water partition coefficient (Wildman–Crippen LogP) is 6.74. The number of carbonyl (C=O) groups excluding carboxylic acids is 1. The molecule has 0 aromatic carbocycles. The van der Waals surface area contributed by atoms with Crippen molar-refractivity contribution < 1.29 is 9.53 Å². The van der Waals surface area contributed by atoms with Crippen LogP contribution in [0.2, 0.25) is 0 Å². The van der Waals surface area contributed by atoms with Crippen molar-refractivity contribution in [1.82, 2.24) is 4.98 Å². The van der Waals surface area contributed by atoms with Gasteiger partial charge in [-0.2, -0.15) is 0 Å². The highest BCUT2D eigenvalue weighted by Gasteiger charge is 2.30. The molecule has 0 radical (unpaired) electrons. The maximum atomic E-state index is 11.6. The molecule has 2 aliphatic carbocycles. The molecule has 1 aromatic heterocycles. The molecule has 0 aliphatic heterocycles. The minimum Gasteiger partial charge on any atom is -0.425 e. The Balaban J connectivity index is 1.35. The van der Waals surface area contributed by atoms with Crippen LogP contribution in [0.1, 0.15) is 96.6 Å². The first-order valence-corrected chi connectivity index (χ1v) is 11.8. The van der Waals surface area contributed by atoms with Crippen LogP contribution in [0.5, 0.6) is 5.75 Å². The van der Waals surface area contributed by atoms with Crippen LogP contribution in [0.4, 0.5) is 0 Å². The first-order chi connectivity index (χ1) is 13.7. The van der Waals surface area contributed by atoms with Crippen molar-refractivity contribution in [3.8, 4) is 5.75 Å². The van der Waals surface area contributed by atoms with Crippen molar-refractivity contribution >= 4 is 5.97 Å². The molecule has 2 fully saturated rings. The van der Waals surface area contributed by atoms with Gasteiger partial charge >= 0.3 is 5.97 Å². The van der Waals surface area contributed by atoms with E-state index in [0.717, 1.165) is 42.2 Å². The first-order valence-electron chi connectivity index (χ1n) is 11.8. The zero-order valence-electron chi connectivity index (χ0n) is 18.0. The van der Waals surface area contributed by atoms with Gasteiger partial charge in [-0.25, -0.2) is 0 Å². The highest BCUT2D eigenvalue weighted by atomic mass is 16.5. The summed E-state index contributed by atoms with van der Waals surface area (Å²) in [6, 6.07) is 3.91. The molecule has 28 heavy (non-hydrogen) atoms. The second-order valence-electron chi connectivity index (χ2n) is 9.22. The molecule has 0 spiro atoms. The molecule has 0 bridgehead atoms. The Labute approximate surface area is 171 Å². The highest BCUT2D eigenvalue weighted by molar-refractivity contribution is 5.72. The SMILES string of the molecule is CCCC(=O)Oc1ccc(CC[C@H]2CC[C@H]([C@H]3CC[C@H](CC)CC3)CC2)nc1. The maximum Gasteiger partial charge on any atom is 0.311 e. The summed E-state index contributed by atoms with van der Waals surface area (Å²) in [5, 5.41) is 0. The van der Waals surface area contributed by atoms with Gasteiger partial charge in [0.25, 0.3) is 0 Å². The smallest absolute Gasteiger partial charge is 0.311 e. The molecule has 0 N–H and O–H groups in total. The van der Waals surface area contributed by atoms with E-state index in [4.69, 9.17) is 4.74 Å². The van der Waals surface area contributed by atoms with Crippen LogP contribution in [-0.4, -0.2) is 11.0 Å². The standard InChI is InChI=1S/C25H39NO2/c1-3-5-25(27)28-24-17-16-23(26-18-24)15-10-20-8-13-22(14-9-20)21-11-6-19(4-2)7-12-21/h16-22H,3-15H2,1-2H3/t19-,20-,21-,22-. The average molecular weight is 386 g/mol. The number of hydrogen-bond donors (Lipinski definition) is 0. The fourth-order valence-electron chi connectivity index (χ4n) is 5.37. The summed E-state index contributed by atoms with van der Waals surface area (Å²) in [7, 11) is 0. The monoisotopic (exact) mass is 385 g/mol. The molecule has 3 nitrogen and oxygen atoms in total. The largest absolute Gasteiger partial charge is 0.425 e. The van der Waals surface area contributed by atoms with Gasteiger partial charge in [-0.05, 0) is 80.8 Å². The van der Waals surface area contributed by atoms with Crippen LogP contribution in [0.15, 0.2) is 18.3 Å². The number of pyridine rings is 1. The molecule has 1 aromatic rings. The van der Waals surface area contributed by atoms with Gasteiger partial charge < -0.3 is 4.74 Å². The van der Waals surface area contributed by atoms with Gasteiger partial charge in [-0.3, -0.25) is 9.78 Å². The van der Waals surface area contributed by atoms with Gasteiger partial charge in [-0.1, -0.05) is 46.0 Å². The fraction of sp³-hybridized carbons (Fsp3) is 0.760. The third kappa shape index (κ3) is 6.32. The van der Waals surface area contributed by atoms with E-state index >= 15 is 0 Å². The molecule has 0 unspecified atom stereocenters. The van der Waals surface area contributed by atoms with Crippen molar-refractivity contribution in [2.24, 2.45) is 23.7 Å². The average Bonchev–Trinajstić information content (AvgIpc) is 2.74. The van der Waals surface area contributed by atoms with Crippen molar-refractivity contribution in [2.75, 3.05) is 0 Å². The van der Waals surface area contributed by atoms with Crippen molar-refractivity contribution in [3.63, 3.8) is 0 Å². The van der Waals surface area contributed by atoms with E-state index in [1.165, 1.54) is 64.2 Å².